The molecule has 2 heterocycles. The van der Waals surface area contributed by atoms with Crippen LogP contribution in [0, 0.1) is 11.7 Å². The van der Waals surface area contributed by atoms with E-state index < -0.39 is 5.82 Å². The molecule has 0 aliphatic rings. The largest absolute Gasteiger partial charge is 0.490 e. The van der Waals surface area contributed by atoms with Crippen molar-refractivity contribution in [2.45, 2.75) is 26.8 Å². The first kappa shape index (κ1) is 21.4. The fraction of sp³-hybridized carbons (Fsp3) is 0.350. The Hall–Kier alpha value is -2.29. The van der Waals surface area contributed by atoms with Crippen molar-refractivity contribution in [3.8, 4) is 26.9 Å². The molecule has 0 aliphatic carbocycles. The first-order valence-corrected chi connectivity index (χ1v) is 10.4. The van der Waals surface area contributed by atoms with Crippen LogP contribution in [0.5, 0.6) is 5.75 Å². The van der Waals surface area contributed by atoms with E-state index in [1.54, 1.807) is 13.1 Å². The topological polar surface area (TPSA) is 80.2 Å². The number of halogens is 2. The molecule has 9 heteroatoms. The van der Waals surface area contributed by atoms with Crippen LogP contribution in [-0.2, 0) is 0 Å². The molecule has 0 amide bonds. The Morgan fingerprint density at radius 2 is 1.97 bits per heavy atom. The monoisotopic (exact) mass is 436 g/mol. The molecule has 1 atom stereocenters. The second-order valence-electron chi connectivity index (χ2n) is 7.00. The third-order valence-electron chi connectivity index (χ3n) is 3.96. The molecule has 3 aromatic rings. The van der Waals surface area contributed by atoms with Gasteiger partial charge in [-0.3, -0.25) is 0 Å². The van der Waals surface area contributed by atoms with Crippen molar-refractivity contribution in [2.24, 2.45) is 5.92 Å². The van der Waals surface area contributed by atoms with Gasteiger partial charge < -0.3 is 15.2 Å². The molecule has 6 nitrogen and oxygen atoms in total. The highest BCUT2D eigenvalue weighted by atomic mass is 35.5. The summed E-state index contributed by atoms with van der Waals surface area (Å²) >= 11 is 7.63. The van der Waals surface area contributed by atoms with Gasteiger partial charge in [-0.05, 0) is 32.0 Å². The summed E-state index contributed by atoms with van der Waals surface area (Å²) < 4.78 is 19.8. The minimum Gasteiger partial charge on any atom is -0.490 e. The van der Waals surface area contributed by atoms with Crippen LogP contribution < -0.4 is 10.1 Å². The van der Waals surface area contributed by atoms with Crippen molar-refractivity contribution >= 4 is 28.8 Å². The van der Waals surface area contributed by atoms with Crippen molar-refractivity contribution in [3.05, 3.63) is 41.3 Å². The van der Waals surface area contributed by atoms with Crippen molar-refractivity contribution in [3.63, 3.8) is 0 Å². The summed E-state index contributed by atoms with van der Waals surface area (Å²) in [4.78, 5) is 4.37. The standard InChI is InChI=1S/C20H22ClFN4O2S/c1-11(2)24-18-5-4-13(8-23-18)19-25-26-20(29-19)14-6-16(22)17(7-15(14)21)28-10-12(3)9-27/h4-8,11-12,27H,9-10H2,1-3H3,(H,23,24). The van der Waals surface area contributed by atoms with E-state index in [0.29, 0.717) is 20.6 Å². The van der Waals surface area contributed by atoms with Gasteiger partial charge in [0.05, 0.1) is 11.6 Å². The lowest BCUT2D eigenvalue weighted by atomic mass is 10.2. The lowest BCUT2D eigenvalue weighted by Crippen LogP contribution is -2.12. The average Bonchev–Trinajstić information content (AvgIpc) is 3.18. The van der Waals surface area contributed by atoms with E-state index in [4.69, 9.17) is 21.4 Å². The van der Waals surface area contributed by atoms with Crippen LogP contribution in [0.15, 0.2) is 30.5 Å². The molecule has 0 saturated heterocycles. The minimum absolute atomic E-state index is 0.0373. The van der Waals surface area contributed by atoms with Gasteiger partial charge in [-0.1, -0.05) is 29.9 Å². The maximum absolute atomic E-state index is 14.4. The first-order chi connectivity index (χ1) is 13.9. The summed E-state index contributed by atoms with van der Waals surface area (Å²) in [6.45, 7) is 6.04. The van der Waals surface area contributed by atoms with E-state index in [2.05, 4.69) is 20.5 Å². The number of aliphatic hydroxyl groups is 1. The van der Waals surface area contributed by atoms with Crippen LogP contribution in [0.3, 0.4) is 0 Å². The number of aliphatic hydroxyl groups excluding tert-OH is 1. The highest BCUT2D eigenvalue weighted by molar-refractivity contribution is 7.18. The molecule has 0 radical (unpaired) electrons. The van der Waals surface area contributed by atoms with E-state index in [9.17, 15) is 4.39 Å². The van der Waals surface area contributed by atoms with Crippen LogP contribution in [-0.4, -0.2) is 39.5 Å². The summed E-state index contributed by atoms with van der Waals surface area (Å²) in [6.07, 6.45) is 1.72. The molecule has 2 aromatic heterocycles. The van der Waals surface area contributed by atoms with Gasteiger partial charge in [0.15, 0.2) is 11.6 Å². The van der Waals surface area contributed by atoms with Gasteiger partial charge in [-0.2, -0.15) is 0 Å². The number of rotatable bonds is 8. The number of ether oxygens (including phenoxy) is 1. The molecule has 0 bridgehead atoms. The number of nitrogens with zero attached hydrogens (tertiary/aromatic N) is 3. The Morgan fingerprint density at radius 1 is 1.21 bits per heavy atom. The van der Waals surface area contributed by atoms with Crippen molar-refractivity contribution in [2.75, 3.05) is 18.5 Å². The average molecular weight is 437 g/mol. The SMILES string of the molecule is CC(CO)COc1cc(Cl)c(-c2nnc(-c3ccc(NC(C)C)nc3)s2)cc1F. The number of hydrogen-bond donors (Lipinski definition) is 2. The molecule has 0 saturated carbocycles. The van der Waals surface area contributed by atoms with Crippen molar-refractivity contribution in [1.82, 2.24) is 15.2 Å². The summed E-state index contributed by atoms with van der Waals surface area (Å²) in [5.74, 6) is 0.178. The predicted molar refractivity (Wildman–Crippen MR) is 114 cm³/mol. The van der Waals surface area contributed by atoms with E-state index in [1.807, 2.05) is 26.0 Å². The van der Waals surface area contributed by atoms with E-state index >= 15 is 0 Å². The highest BCUT2D eigenvalue weighted by Gasteiger charge is 2.17. The van der Waals surface area contributed by atoms with Crippen LogP contribution >= 0.6 is 22.9 Å². The van der Waals surface area contributed by atoms with Gasteiger partial charge in [0.2, 0.25) is 0 Å². The number of anilines is 1. The maximum Gasteiger partial charge on any atom is 0.165 e. The zero-order valence-corrected chi connectivity index (χ0v) is 17.9. The summed E-state index contributed by atoms with van der Waals surface area (Å²) in [7, 11) is 0. The van der Waals surface area contributed by atoms with Crippen molar-refractivity contribution < 1.29 is 14.2 Å². The van der Waals surface area contributed by atoms with Crippen molar-refractivity contribution in [1.29, 1.82) is 0 Å². The van der Waals surface area contributed by atoms with Crippen LogP contribution in [0.1, 0.15) is 20.8 Å². The number of benzene rings is 1. The molecule has 1 aromatic carbocycles. The molecule has 0 spiro atoms. The van der Waals surface area contributed by atoms with E-state index in [-0.39, 0.29) is 30.9 Å². The molecule has 1 unspecified atom stereocenters. The quantitative estimate of drug-likeness (QED) is 0.523. The molecule has 154 valence electrons. The number of hydrogen-bond acceptors (Lipinski definition) is 7. The fourth-order valence-electron chi connectivity index (χ4n) is 2.44. The molecular formula is C20H22ClFN4O2S. The summed E-state index contributed by atoms with van der Waals surface area (Å²) in [5.41, 5.74) is 1.26. The van der Waals surface area contributed by atoms with Crippen LogP contribution in [0.2, 0.25) is 5.02 Å². The zero-order valence-electron chi connectivity index (χ0n) is 16.3. The van der Waals surface area contributed by atoms with Gasteiger partial charge in [-0.15, -0.1) is 10.2 Å². The van der Waals surface area contributed by atoms with E-state index in [0.717, 1.165) is 11.4 Å². The molecule has 3 rings (SSSR count). The first-order valence-electron chi connectivity index (χ1n) is 9.17. The third-order valence-corrected chi connectivity index (χ3v) is 5.28. The molecule has 0 fully saturated rings. The molecule has 29 heavy (non-hydrogen) atoms. The molecule has 2 N–H and O–H groups in total. The Bertz CT molecular complexity index is 966. The smallest absolute Gasteiger partial charge is 0.165 e. The van der Waals surface area contributed by atoms with Crippen LogP contribution in [0.25, 0.3) is 21.1 Å². The lowest BCUT2D eigenvalue weighted by molar-refractivity contribution is 0.171. The minimum atomic E-state index is -0.544. The Kier molecular flexibility index (Phi) is 7.00. The van der Waals surface area contributed by atoms with Crippen LogP contribution in [0.4, 0.5) is 10.2 Å². The fourth-order valence-corrected chi connectivity index (χ4v) is 3.60. The maximum atomic E-state index is 14.4. The highest BCUT2D eigenvalue weighted by Crippen LogP contribution is 2.37. The van der Waals surface area contributed by atoms with Gasteiger partial charge in [0, 0.05) is 42.0 Å². The Balaban J connectivity index is 1.80. The van der Waals surface area contributed by atoms with Gasteiger partial charge in [0.25, 0.3) is 0 Å². The normalized spacial score (nSPS) is 12.2. The third kappa shape index (κ3) is 5.41. The Morgan fingerprint density at radius 3 is 2.62 bits per heavy atom. The zero-order chi connectivity index (χ0) is 21.0. The summed E-state index contributed by atoms with van der Waals surface area (Å²) in [6, 6.07) is 6.79. The second-order valence-corrected chi connectivity index (χ2v) is 8.39. The number of aromatic nitrogens is 3. The van der Waals surface area contributed by atoms with E-state index in [1.165, 1.54) is 23.5 Å². The molecular weight excluding hydrogens is 415 g/mol. The Labute approximate surface area is 177 Å². The summed E-state index contributed by atoms with van der Waals surface area (Å²) in [5, 5.41) is 22.1. The molecule has 0 aliphatic heterocycles. The lowest BCUT2D eigenvalue weighted by Gasteiger charge is -2.12. The predicted octanol–water partition coefficient (Wildman–Crippen LogP) is 4.89. The van der Waals surface area contributed by atoms with Gasteiger partial charge in [-0.25, -0.2) is 9.37 Å². The second kappa shape index (κ2) is 9.47. The van der Waals surface area contributed by atoms with Gasteiger partial charge in [0.1, 0.15) is 15.8 Å². The number of pyridine rings is 1. The van der Waals surface area contributed by atoms with Gasteiger partial charge >= 0.3 is 0 Å². The number of nitrogens with one attached hydrogen (secondary N) is 1.